The highest BCUT2D eigenvalue weighted by Gasteiger charge is 2.32. The molecule has 2 aromatic rings. The molecule has 2 N–H and O–H groups in total. The number of amides is 2. The van der Waals surface area contributed by atoms with E-state index in [9.17, 15) is 9.59 Å². The predicted molar refractivity (Wildman–Crippen MR) is 109 cm³/mol. The van der Waals surface area contributed by atoms with Crippen molar-refractivity contribution in [3.63, 3.8) is 0 Å². The lowest BCUT2D eigenvalue weighted by atomic mass is 10.2. The fourth-order valence-electron chi connectivity index (χ4n) is 3.23. The Morgan fingerprint density at radius 1 is 1.14 bits per heavy atom. The van der Waals surface area contributed by atoms with E-state index < -0.39 is 6.04 Å². The Labute approximate surface area is 173 Å². The summed E-state index contributed by atoms with van der Waals surface area (Å²) in [5.41, 5.74) is 1.37. The first-order valence-electron chi connectivity index (χ1n) is 8.76. The summed E-state index contributed by atoms with van der Waals surface area (Å²) in [6.07, 6.45) is 1.47. The molecule has 6 nitrogen and oxygen atoms in total. The summed E-state index contributed by atoms with van der Waals surface area (Å²) < 4.78 is 0. The van der Waals surface area contributed by atoms with Gasteiger partial charge in [0.1, 0.15) is 6.07 Å². The van der Waals surface area contributed by atoms with Crippen LogP contribution in [0.2, 0.25) is 10.0 Å². The van der Waals surface area contributed by atoms with Gasteiger partial charge in [0, 0.05) is 15.7 Å². The summed E-state index contributed by atoms with van der Waals surface area (Å²) in [4.78, 5) is 26.9. The van der Waals surface area contributed by atoms with Crippen molar-refractivity contribution in [3.05, 3.63) is 58.1 Å². The van der Waals surface area contributed by atoms with Crippen LogP contribution in [0.15, 0.2) is 42.5 Å². The Hall–Kier alpha value is -2.59. The molecule has 3 rings (SSSR count). The van der Waals surface area contributed by atoms with Crippen LogP contribution in [-0.2, 0) is 9.59 Å². The Balaban J connectivity index is 1.63. The van der Waals surface area contributed by atoms with E-state index in [1.165, 1.54) is 0 Å². The average Bonchev–Trinajstić information content (AvgIpc) is 3.09. The van der Waals surface area contributed by atoms with Gasteiger partial charge in [-0.05, 0) is 49.7 Å². The third-order valence-corrected chi connectivity index (χ3v) is 4.90. The van der Waals surface area contributed by atoms with Crippen molar-refractivity contribution in [2.75, 3.05) is 23.7 Å². The largest absolute Gasteiger partial charge is 0.325 e. The molecule has 1 saturated heterocycles. The zero-order valence-corrected chi connectivity index (χ0v) is 16.4. The van der Waals surface area contributed by atoms with Crippen molar-refractivity contribution in [1.29, 1.82) is 5.26 Å². The van der Waals surface area contributed by atoms with Gasteiger partial charge in [-0.15, -0.1) is 0 Å². The summed E-state index contributed by atoms with van der Waals surface area (Å²) in [5, 5.41) is 15.5. The Morgan fingerprint density at radius 2 is 1.86 bits per heavy atom. The van der Waals surface area contributed by atoms with Crippen LogP contribution in [0.1, 0.15) is 18.4 Å². The number of nitrogens with zero attached hydrogens (tertiary/aromatic N) is 2. The number of hydrogen-bond donors (Lipinski definition) is 2. The van der Waals surface area contributed by atoms with E-state index in [1.807, 2.05) is 11.0 Å². The molecular formula is C20H18Cl2N4O2. The summed E-state index contributed by atoms with van der Waals surface area (Å²) >= 11 is 11.9. The van der Waals surface area contributed by atoms with E-state index in [0.717, 1.165) is 6.42 Å². The fourth-order valence-corrected chi connectivity index (χ4v) is 3.75. The second-order valence-corrected chi connectivity index (χ2v) is 7.35. The molecule has 1 atom stereocenters. The Bertz CT molecular complexity index is 922. The number of para-hydroxylation sites is 1. The van der Waals surface area contributed by atoms with Crippen LogP contribution >= 0.6 is 23.2 Å². The van der Waals surface area contributed by atoms with Crippen LogP contribution < -0.4 is 10.6 Å². The van der Waals surface area contributed by atoms with Crippen molar-refractivity contribution >= 4 is 46.4 Å². The van der Waals surface area contributed by atoms with E-state index in [2.05, 4.69) is 10.6 Å². The quantitative estimate of drug-likeness (QED) is 0.773. The van der Waals surface area contributed by atoms with Gasteiger partial charge in [-0.1, -0.05) is 35.3 Å². The van der Waals surface area contributed by atoms with E-state index in [0.29, 0.717) is 39.9 Å². The zero-order valence-electron chi connectivity index (χ0n) is 14.9. The fraction of sp³-hybridized carbons (Fsp3) is 0.250. The standard InChI is InChI=1S/C20H18Cl2N4O2/c21-14-8-15(22)10-16(9-14)24-20(28)18-6-3-7-26(18)12-19(27)25-17-5-2-1-4-13(17)11-23/h1-2,4-5,8-10,18H,3,6-7,12H2,(H,24,28)(H,25,27). The molecule has 0 spiro atoms. The molecule has 1 heterocycles. The van der Waals surface area contributed by atoms with Crippen molar-refractivity contribution in [1.82, 2.24) is 4.90 Å². The molecule has 1 aliphatic rings. The summed E-state index contributed by atoms with van der Waals surface area (Å²) in [6.45, 7) is 0.704. The lowest BCUT2D eigenvalue weighted by Crippen LogP contribution is -2.43. The highest BCUT2D eigenvalue weighted by molar-refractivity contribution is 6.35. The molecule has 1 unspecified atom stereocenters. The minimum absolute atomic E-state index is 0.0636. The van der Waals surface area contributed by atoms with E-state index >= 15 is 0 Å². The number of hydrogen-bond acceptors (Lipinski definition) is 4. The second kappa shape index (κ2) is 9.07. The minimum atomic E-state index is -0.422. The van der Waals surface area contributed by atoms with Crippen molar-refractivity contribution < 1.29 is 9.59 Å². The number of rotatable bonds is 5. The maximum atomic E-state index is 12.7. The van der Waals surface area contributed by atoms with Crippen LogP contribution in [0.3, 0.4) is 0 Å². The summed E-state index contributed by atoms with van der Waals surface area (Å²) in [6, 6.07) is 13.2. The van der Waals surface area contributed by atoms with Gasteiger partial charge in [-0.2, -0.15) is 5.26 Å². The molecule has 144 valence electrons. The minimum Gasteiger partial charge on any atom is -0.325 e. The Morgan fingerprint density at radius 3 is 2.57 bits per heavy atom. The highest BCUT2D eigenvalue weighted by atomic mass is 35.5. The van der Waals surface area contributed by atoms with Gasteiger partial charge in [0.2, 0.25) is 11.8 Å². The molecule has 0 radical (unpaired) electrons. The number of carbonyl (C=O) groups is 2. The summed E-state index contributed by atoms with van der Waals surface area (Å²) in [5.74, 6) is -0.478. The molecule has 8 heteroatoms. The molecule has 0 aliphatic carbocycles. The van der Waals surface area contributed by atoms with Crippen molar-refractivity contribution in [3.8, 4) is 6.07 Å². The molecule has 1 fully saturated rings. The van der Waals surface area contributed by atoms with Crippen LogP contribution in [0, 0.1) is 11.3 Å². The van der Waals surface area contributed by atoms with Gasteiger partial charge in [0.05, 0.1) is 23.8 Å². The van der Waals surface area contributed by atoms with Gasteiger partial charge in [-0.25, -0.2) is 0 Å². The SMILES string of the molecule is N#Cc1ccccc1NC(=O)CN1CCCC1C(=O)Nc1cc(Cl)cc(Cl)c1. The average molecular weight is 417 g/mol. The molecule has 28 heavy (non-hydrogen) atoms. The van der Waals surface area contributed by atoms with Crippen molar-refractivity contribution in [2.24, 2.45) is 0 Å². The normalized spacial score (nSPS) is 16.4. The number of carbonyl (C=O) groups excluding carboxylic acids is 2. The predicted octanol–water partition coefficient (Wildman–Crippen LogP) is 3.91. The van der Waals surface area contributed by atoms with Crippen LogP contribution in [0.5, 0.6) is 0 Å². The number of nitrogens with one attached hydrogen (secondary N) is 2. The van der Waals surface area contributed by atoms with Gasteiger partial charge in [0.25, 0.3) is 0 Å². The molecule has 1 aliphatic heterocycles. The van der Waals surface area contributed by atoms with Gasteiger partial charge in [0.15, 0.2) is 0 Å². The molecule has 0 saturated carbocycles. The first-order valence-corrected chi connectivity index (χ1v) is 9.52. The first-order chi connectivity index (χ1) is 13.5. The third kappa shape index (κ3) is 5.02. The van der Waals surface area contributed by atoms with Crippen LogP contribution in [-0.4, -0.2) is 35.8 Å². The van der Waals surface area contributed by atoms with Gasteiger partial charge in [-0.3, -0.25) is 14.5 Å². The number of anilines is 2. The van der Waals surface area contributed by atoms with Crippen LogP contribution in [0.25, 0.3) is 0 Å². The maximum Gasteiger partial charge on any atom is 0.241 e. The lowest BCUT2D eigenvalue weighted by Gasteiger charge is -2.23. The smallest absolute Gasteiger partial charge is 0.241 e. The first kappa shape index (κ1) is 20.2. The monoisotopic (exact) mass is 416 g/mol. The lowest BCUT2D eigenvalue weighted by molar-refractivity contribution is -0.122. The Kier molecular flexibility index (Phi) is 6.53. The molecule has 2 aromatic carbocycles. The number of likely N-dealkylation sites (tertiary alicyclic amines) is 1. The van der Waals surface area contributed by atoms with Crippen LogP contribution in [0.4, 0.5) is 11.4 Å². The van der Waals surface area contributed by atoms with Gasteiger partial charge >= 0.3 is 0 Å². The van der Waals surface area contributed by atoms with E-state index in [-0.39, 0.29) is 18.4 Å². The van der Waals surface area contributed by atoms with Gasteiger partial charge < -0.3 is 10.6 Å². The molecular weight excluding hydrogens is 399 g/mol. The molecule has 2 amide bonds. The maximum absolute atomic E-state index is 12.7. The summed E-state index contributed by atoms with van der Waals surface area (Å²) in [7, 11) is 0. The number of benzene rings is 2. The molecule has 0 aromatic heterocycles. The third-order valence-electron chi connectivity index (χ3n) is 4.46. The number of nitriles is 1. The second-order valence-electron chi connectivity index (χ2n) is 6.48. The van der Waals surface area contributed by atoms with E-state index in [4.69, 9.17) is 28.5 Å². The van der Waals surface area contributed by atoms with E-state index in [1.54, 1.807) is 42.5 Å². The highest BCUT2D eigenvalue weighted by Crippen LogP contribution is 2.24. The molecule has 0 bridgehead atoms. The topological polar surface area (TPSA) is 85.2 Å². The zero-order chi connectivity index (χ0) is 20.1. The van der Waals surface area contributed by atoms with Crippen molar-refractivity contribution in [2.45, 2.75) is 18.9 Å². The number of halogens is 2.